The minimum absolute atomic E-state index is 0. The fourth-order valence-corrected chi connectivity index (χ4v) is 2.35. The molecule has 0 saturated heterocycles. The Morgan fingerprint density at radius 3 is 2.71 bits per heavy atom. The highest BCUT2D eigenvalue weighted by Crippen LogP contribution is 2.12. The predicted octanol–water partition coefficient (Wildman–Crippen LogP) is 1.88. The second-order valence-corrected chi connectivity index (χ2v) is 5.28. The summed E-state index contributed by atoms with van der Waals surface area (Å²) >= 11 is 1.71. The van der Waals surface area contributed by atoms with Crippen molar-refractivity contribution in [2.45, 2.75) is 33.4 Å². The van der Waals surface area contributed by atoms with Gasteiger partial charge in [0.1, 0.15) is 5.01 Å². The lowest BCUT2D eigenvalue weighted by Crippen LogP contribution is -2.36. The van der Waals surface area contributed by atoms with Crippen LogP contribution in [0.3, 0.4) is 0 Å². The predicted molar refractivity (Wildman–Crippen MR) is 93.0 cm³/mol. The summed E-state index contributed by atoms with van der Waals surface area (Å²) < 4.78 is 4.91. The first-order valence-electron chi connectivity index (χ1n) is 6.38. The van der Waals surface area contributed by atoms with Gasteiger partial charge in [-0.3, -0.25) is 4.99 Å². The van der Waals surface area contributed by atoms with Crippen molar-refractivity contribution < 1.29 is 4.52 Å². The van der Waals surface area contributed by atoms with Gasteiger partial charge in [-0.05, 0) is 6.42 Å². The van der Waals surface area contributed by atoms with E-state index in [-0.39, 0.29) is 24.0 Å². The topological polar surface area (TPSA) is 88.2 Å². The van der Waals surface area contributed by atoms with Gasteiger partial charge in [-0.2, -0.15) is 4.98 Å². The van der Waals surface area contributed by atoms with E-state index >= 15 is 0 Å². The summed E-state index contributed by atoms with van der Waals surface area (Å²) in [6.45, 7) is 5.00. The molecule has 0 saturated carbocycles. The van der Waals surface area contributed by atoms with Gasteiger partial charge in [0.2, 0.25) is 5.89 Å². The largest absolute Gasteiger partial charge is 0.350 e. The number of aryl methyl sites for hydroxylation is 2. The van der Waals surface area contributed by atoms with Crippen LogP contribution in [0.15, 0.2) is 15.7 Å². The van der Waals surface area contributed by atoms with Gasteiger partial charge in [0.15, 0.2) is 11.8 Å². The van der Waals surface area contributed by atoms with Gasteiger partial charge in [-0.25, -0.2) is 4.98 Å². The maximum absolute atomic E-state index is 4.91. The summed E-state index contributed by atoms with van der Waals surface area (Å²) in [6, 6.07) is 0. The molecule has 0 aliphatic carbocycles. The molecule has 0 bridgehead atoms. The van der Waals surface area contributed by atoms with Crippen molar-refractivity contribution >= 4 is 41.3 Å². The second kappa shape index (κ2) is 8.93. The normalized spacial score (nSPS) is 11.1. The maximum Gasteiger partial charge on any atom is 0.223 e. The second-order valence-electron chi connectivity index (χ2n) is 4.08. The maximum atomic E-state index is 4.91. The van der Waals surface area contributed by atoms with Crippen LogP contribution in [-0.2, 0) is 19.5 Å². The van der Waals surface area contributed by atoms with Crippen LogP contribution < -0.4 is 10.6 Å². The molecule has 0 radical (unpaired) electrons. The Hall–Kier alpha value is -1.23. The monoisotopic (exact) mass is 422 g/mol. The fourth-order valence-electron chi connectivity index (χ4n) is 1.55. The van der Waals surface area contributed by atoms with E-state index in [0.717, 1.165) is 11.4 Å². The third-order valence-corrected chi connectivity index (χ3v) is 3.71. The zero-order chi connectivity index (χ0) is 14.4. The summed E-state index contributed by atoms with van der Waals surface area (Å²) in [7, 11) is 1.72. The minimum atomic E-state index is 0. The highest BCUT2D eigenvalue weighted by atomic mass is 127. The summed E-state index contributed by atoms with van der Waals surface area (Å²) in [4.78, 5) is 13.9. The van der Waals surface area contributed by atoms with Crippen molar-refractivity contribution in [3.63, 3.8) is 0 Å². The number of nitrogens with zero attached hydrogens (tertiary/aromatic N) is 4. The number of aromatic nitrogens is 3. The number of thiazole rings is 1. The van der Waals surface area contributed by atoms with Crippen LogP contribution in [0.5, 0.6) is 0 Å². The van der Waals surface area contributed by atoms with Crippen LogP contribution in [0.2, 0.25) is 0 Å². The van der Waals surface area contributed by atoms with Gasteiger partial charge in [-0.15, -0.1) is 35.3 Å². The summed E-state index contributed by atoms with van der Waals surface area (Å²) in [5.41, 5.74) is 0. The van der Waals surface area contributed by atoms with Crippen molar-refractivity contribution in [1.29, 1.82) is 0 Å². The lowest BCUT2D eigenvalue weighted by molar-refractivity contribution is 0.387. The van der Waals surface area contributed by atoms with Gasteiger partial charge in [0, 0.05) is 25.0 Å². The molecule has 21 heavy (non-hydrogen) atoms. The van der Waals surface area contributed by atoms with Crippen molar-refractivity contribution in [1.82, 2.24) is 25.8 Å². The van der Waals surface area contributed by atoms with Crippen LogP contribution in [0.4, 0.5) is 0 Å². The van der Waals surface area contributed by atoms with Gasteiger partial charge >= 0.3 is 0 Å². The Bertz CT molecular complexity index is 582. The van der Waals surface area contributed by atoms with Crippen LogP contribution in [0.25, 0.3) is 0 Å². The molecule has 0 aliphatic heterocycles. The van der Waals surface area contributed by atoms with E-state index in [2.05, 4.69) is 37.7 Å². The van der Waals surface area contributed by atoms with Crippen LogP contribution in [-0.4, -0.2) is 28.1 Å². The minimum Gasteiger partial charge on any atom is -0.350 e. The first kappa shape index (κ1) is 17.8. The number of nitrogens with one attached hydrogen (secondary N) is 2. The van der Waals surface area contributed by atoms with Crippen molar-refractivity contribution in [3.05, 3.63) is 27.8 Å². The van der Waals surface area contributed by atoms with Crippen molar-refractivity contribution in [2.24, 2.45) is 4.99 Å². The van der Waals surface area contributed by atoms with E-state index in [1.54, 1.807) is 25.3 Å². The van der Waals surface area contributed by atoms with E-state index in [0.29, 0.717) is 30.8 Å². The molecule has 0 aliphatic rings. The summed E-state index contributed by atoms with van der Waals surface area (Å²) in [5, 5.41) is 11.2. The van der Waals surface area contributed by atoms with Gasteiger partial charge in [0.25, 0.3) is 0 Å². The Kier molecular flexibility index (Phi) is 7.57. The van der Waals surface area contributed by atoms with Gasteiger partial charge in [0.05, 0.1) is 13.1 Å². The molecule has 2 N–H and O–H groups in total. The highest BCUT2D eigenvalue weighted by Gasteiger charge is 2.05. The third kappa shape index (κ3) is 5.58. The number of hydrogen-bond donors (Lipinski definition) is 2. The summed E-state index contributed by atoms with van der Waals surface area (Å²) in [6.07, 6.45) is 2.93. The molecule has 2 aromatic heterocycles. The van der Waals surface area contributed by atoms with Crippen LogP contribution >= 0.6 is 35.3 Å². The molecule has 9 heteroatoms. The number of hydrogen-bond acceptors (Lipinski definition) is 6. The first-order valence-corrected chi connectivity index (χ1v) is 7.20. The van der Waals surface area contributed by atoms with Gasteiger partial charge < -0.3 is 15.2 Å². The molecule has 2 aromatic rings. The van der Waals surface area contributed by atoms with E-state index in [1.807, 2.05) is 6.20 Å². The standard InChI is InChI=1S/C12H18N6OS.HI/c1-4-9-5-14-11(20-9)7-16-12(13-3)15-6-10-17-8(2)19-18-10;/h5H,4,6-7H2,1-3H3,(H2,13,15,16);1H. The molecule has 0 aromatic carbocycles. The Morgan fingerprint density at radius 2 is 2.14 bits per heavy atom. The van der Waals surface area contributed by atoms with E-state index in [9.17, 15) is 0 Å². The van der Waals surface area contributed by atoms with E-state index in [4.69, 9.17) is 4.52 Å². The molecule has 2 heterocycles. The molecule has 0 amide bonds. The van der Waals surface area contributed by atoms with E-state index < -0.39 is 0 Å². The first-order chi connectivity index (χ1) is 9.71. The third-order valence-electron chi connectivity index (χ3n) is 2.56. The molecule has 2 rings (SSSR count). The number of rotatable bonds is 5. The van der Waals surface area contributed by atoms with Crippen molar-refractivity contribution in [3.8, 4) is 0 Å². The molecule has 0 atom stereocenters. The van der Waals surface area contributed by atoms with E-state index in [1.165, 1.54) is 4.88 Å². The average molecular weight is 422 g/mol. The number of guanidine groups is 1. The zero-order valence-electron chi connectivity index (χ0n) is 12.2. The molecular formula is C12H19IN6OS. The number of halogens is 1. The van der Waals surface area contributed by atoms with Crippen LogP contribution in [0.1, 0.15) is 28.5 Å². The summed E-state index contributed by atoms with van der Waals surface area (Å²) in [5.74, 6) is 1.84. The fraction of sp³-hybridized carbons (Fsp3) is 0.500. The lowest BCUT2D eigenvalue weighted by atomic mass is 10.4. The molecule has 116 valence electrons. The molecule has 0 spiro atoms. The Labute approximate surface area is 144 Å². The van der Waals surface area contributed by atoms with Crippen LogP contribution in [0, 0.1) is 6.92 Å². The Morgan fingerprint density at radius 1 is 1.38 bits per heavy atom. The highest BCUT2D eigenvalue weighted by molar-refractivity contribution is 14.0. The quantitative estimate of drug-likeness (QED) is 0.435. The lowest BCUT2D eigenvalue weighted by Gasteiger charge is -2.08. The van der Waals surface area contributed by atoms with Gasteiger partial charge in [-0.1, -0.05) is 12.1 Å². The molecule has 0 unspecified atom stereocenters. The molecule has 7 nitrogen and oxygen atoms in total. The number of aliphatic imine (C=N–C) groups is 1. The zero-order valence-corrected chi connectivity index (χ0v) is 15.4. The smallest absolute Gasteiger partial charge is 0.223 e. The average Bonchev–Trinajstić information content (AvgIpc) is 3.08. The molecule has 0 fully saturated rings. The Balaban J connectivity index is 0.00000220. The van der Waals surface area contributed by atoms with Crippen molar-refractivity contribution in [2.75, 3.05) is 7.05 Å². The SMILES string of the molecule is CCc1cnc(CNC(=NC)NCc2noc(C)n2)s1.I. The molecular weight excluding hydrogens is 403 g/mol.